The Balaban J connectivity index is 1.79. The summed E-state index contributed by atoms with van der Waals surface area (Å²) in [6, 6.07) is 7.77. The molecular formula is C23H23ClF2O5S2. The van der Waals surface area contributed by atoms with Crippen molar-refractivity contribution in [3.63, 3.8) is 0 Å². The number of halogens is 3. The third-order valence-corrected chi connectivity index (χ3v) is 9.31. The van der Waals surface area contributed by atoms with Gasteiger partial charge in [0.1, 0.15) is 5.82 Å². The molecule has 0 radical (unpaired) electrons. The zero-order valence-electron chi connectivity index (χ0n) is 17.9. The second kappa shape index (κ2) is 9.52. The van der Waals surface area contributed by atoms with Crippen molar-refractivity contribution in [3.05, 3.63) is 58.6 Å². The van der Waals surface area contributed by atoms with Crippen molar-refractivity contribution in [2.45, 2.75) is 36.2 Å². The van der Waals surface area contributed by atoms with E-state index < -0.39 is 44.7 Å². The van der Waals surface area contributed by atoms with Gasteiger partial charge >= 0.3 is 0 Å². The molecule has 0 N–H and O–H groups in total. The quantitative estimate of drug-likeness (QED) is 0.549. The van der Waals surface area contributed by atoms with Gasteiger partial charge in [-0.25, -0.2) is 17.2 Å². The van der Waals surface area contributed by atoms with Gasteiger partial charge < -0.3 is 9.47 Å². The van der Waals surface area contributed by atoms with Crippen LogP contribution in [0.25, 0.3) is 0 Å². The first-order valence-corrected chi connectivity index (χ1v) is 13.5. The van der Waals surface area contributed by atoms with E-state index >= 15 is 4.39 Å². The molecule has 33 heavy (non-hydrogen) atoms. The van der Waals surface area contributed by atoms with Gasteiger partial charge in [-0.1, -0.05) is 23.4 Å². The highest BCUT2D eigenvalue weighted by atomic mass is 35.5. The first-order valence-electron chi connectivity index (χ1n) is 10.5. The smallest absolute Gasteiger partial charge is 0.185 e. The third kappa shape index (κ3) is 4.78. The molecule has 10 heteroatoms. The number of thioether (sulfide) groups is 1. The van der Waals surface area contributed by atoms with E-state index in [9.17, 15) is 17.6 Å². The van der Waals surface area contributed by atoms with Crippen LogP contribution >= 0.6 is 23.4 Å². The zero-order chi connectivity index (χ0) is 23.8. The molecule has 0 aromatic heterocycles. The average molecular weight is 517 g/mol. The Morgan fingerprint density at radius 3 is 2.58 bits per heavy atom. The zero-order valence-corrected chi connectivity index (χ0v) is 20.2. The molecular weight excluding hydrogens is 494 g/mol. The standard InChI is InChI=1S/C23H23ClF2O5S2/c1-14(27)32-11-8-20-17-12-31-22-19(26)7-6-18(25)21(22)23(17,9-10-30-20)13-33(28,29)16-4-2-15(24)3-5-16/h2-7,17,20H,8-13H2,1H3. The molecule has 0 aliphatic carbocycles. The number of ether oxygens (including phenoxy) is 2. The minimum Gasteiger partial charge on any atom is -0.490 e. The van der Waals surface area contributed by atoms with E-state index in [1.165, 1.54) is 31.2 Å². The normalized spacial score (nSPS) is 24.5. The molecule has 0 saturated carbocycles. The van der Waals surface area contributed by atoms with Crippen molar-refractivity contribution in [3.8, 4) is 5.75 Å². The third-order valence-electron chi connectivity index (χ3n) is 6.33. The lowest BCUT2D eigenvalue weighted by Gasteiger charge is -2.51. The monoisotopic (exact) mass is 516 g/mol. The van der Waals surface area contributed by atoms with Gasteiger partial charge in [-0.15, -0.1) is 0 Å². The molecule has 0 spiro atoms. The van der Waals surface area contributed by atoms with E-state index in [0.717, 1.165) is 23.9 Å². The topological polar surface area (TPSA) is 69.7 Å². The molecule has 2 aromatic carbocycles. The van der Waals surface area contributed by atoms with Crippen molar-refractivity contribution in [2.24, 2.45) is 5.92 Å². The molecule has 5 nitrogen and oxygen atoms in total. The van der Waals surface area contributed by atoms with Gasteiger partial charge in [-0.2, -0.15) is 0 Å². The molecule has 4 rings (SSSR count). The number of benzene rings is 2. The molecule has 178 valence electrons. The number of sulfone groups is 1. The highest BCUT2D eigenvalue weighted by molar-refractivity contribution is 8.13. The minimum atomic E-state index is -3.90. The Kier molecular flexibility index (Phi) is 7.05. The summed E-state index contributed by atoms with van der Waals surface area (Å²) in [6.45, 7) is 1.63. The average Bonchev–Trinajstić information content (AvgIpc) is 2.75. The van der Waals surface area contributed by atoms with Gasteiger partial charge in [0.2, 0.25) is 0 Å². The highest BCUT2D eigenvalue weighted by Gasteiger charge is 2.55. The molecule has 3 atom stereocenters. The maximum Gasteiger partial charge on any atom is 0.185 e. The van der Waals surface area contributed by atoms with Crippen LogP contribution in [0, 0.1) is 17.6 Å². The largest absolute Gasteiger partial charge is 0.490 e. The van der Waals surface area contributed by atoms with Crippen molar-refractivity contribution in [2.75, 3.05) is 24.7 Å². The van der Waals surface area contributed by atoms with E-state index in [-0.39, 0.29) is 41.0 Å². The lowest BCUT2D eigenvalue weighted by molar-refractivity contribution is -0.109. The lowest BCUT2D eigenvalue weighted by atomic mass is 9.64. The van der Waals surface area contributed by atoms with Crippen molar-refractivity contribution >= 4 is 38.3 Å². The van der Waals surface area contributed by atoms with Crippen LogP contribution < -0.4 is 4.74 Å². The van der Waals surface area contributed by atoms with E-state index in [1.807, 2.05) is 0 Å². The predicted molar refractivity (Wildman–Crippen MR) is 123 cm³/mol. The van der Waals surface area contributed by atoms with Crippen LogP contribution in [0.5, 0.6) is 5.75 Å². The van der Waals surface area contributed by atoms with Crippen LogP contribution in [-0.2, 0) is 24.8 Å². The molecule has 2 heterocycles. The Morgan fingerprint density at radius 2 is 1.88 bits per heavy atom. The summed E-state index contributed by atoms with van der Waals surface area (Å²) in [7, 11) is -3.90. The maximum atomic E-state index is 15.2. The maximum absolute atomic E-state index is 15.2. The molecule has 1 fully saturated rings. The van der Waals surface area contributed by atoms with Gasteiger partial charge in [-0.3, -0.25) is 4.79 Å². The van der Waals surface area contributed by atoms with E-state index in [4.69, 9.17) is 21.1 Å². The lowest BCUT2D eigenvalue weighted by Crippen LogP contribution is -2.56. The number of carbonyl (C=O) groups is 1. The Hall–Kier alpha value is -1.68. The van der Waals surface area contributed by atoms with Crippen LogP contribution in [0.2, 0.25) is 5.02 Å². The number of hydrogen-bond acceptors (Lipinski definition) is 6. The molecule has 2 aliphatic heterocycles. The van der Waals surface area contributed by atoms with Crippen LogP contribution in [0.1, 0.15) is 25.3 Å². The number of fused-ring (bicyclic) bond motifs is 3. The molecule has 1 saturated heterocycles. The second-order valence-electron chi connectivity index (χ2n) is 8.31. The van der Waals surface area contributed by atoms with E-state index in [0.29, 0.717) is 17.2 Å². The first-order chi connectivity index (χ1) is 15.6. The summed E-state index contributed by atoms with van der Waals surface area (Å²) >= 11 is 7.05. The predicted octanol–water partition coefficient (Wildman–Crippen LogP) is 4.80. The fourth-order valence-electron chi connectivity index (χ4n) is 4.86. The summed E-state index contributed by atoms with van der Waals surface area (Å²) in [4.78, 5) is 11.4. The Bertz CT molecular complexity index is 1160. The van der Waals surface area contributed by atoms with Gasteiger partial charge in [0, 0.05) is 41.2 Å². The molecule has 0 bridgehead atoms. The summed E-state index contributed by atoms with van der Waals surface area (Å²) in [5, 5.41) is 0.351. The molecule has 0 amide bonds. The molecule has 2 aromatic rings. The first kappa shape index (κ1) is 24.4. The van der Waals surface area contributed by atoms with Gasteiger partial charge in [0.15, 0.2) is 26.5 Å². The summed E-state index contributed by atoms with van der Waals surface area (Å²) < 4.78 is 68.4. The highest BCUT2D eigenvalue weighted by Crippen LogP contribution is 2.52. The van der Waals surface area contributed by atoms with Crippen LogP contribution in [0.3, 0.4) is 0 Å². The number of hydrogen-bond donors (Lipinski definition) is 0. The van der Waals surface area contributed by atoms with E-state index in [2.05, 4.69) is 0 Å². The second-order valence-corrected chi connectivity index (χ2v) is 12.0. The van der Waals surface area contributed by atoms with Crippen molar-refractivity contribution in [1.29, 1.82) is 0 Å². The number of carbonyl (C=O) groups excluding carboxylic acids is 1. The summed E-state index contributed by atoms with van der Waals surface area (Å²) in [5.74, 6) is -2.18. The van der Waals surface area contributed by atoms with Crippen LogP contribution in [0.15, 0.2) is 41.3 Å². The molecule has 2 aliphatic rings. The minimum absolute atomic E-state index is 0.0150. The van der Waals surface area contributed by atoms with Crippen molar-refractivity contribution < 1.29 is 31.5 Å². The fraction of sp³-hybridized carbons (Fsp3) is 0.435. The van der Waals surface area contributed by atoms with Crippen LogP contribution in [0.4, 0.5) is 8.78 Å². The fourth-order valence-corrected chi connectivity index (χ4v) is 7.52. The summed E-state index contributed by atoms with van der Waals surface area (Å²) in [5.41, 5.74) is -1.30. The van der Waals surface area contributed by atoms with E-state index in [1.54, 1.807) is 0 Å². The van der Waals surface area contributed by atoms with Gasteiger partial charge in [0.05, 0.1) is 23.4 Å². The van der Waals surface area contributed by atoms with Gasteiger partial charge in [0.25, 0.3) is 0 Å². The Morgan fingerprint density at radius 1 is 1.18 bits per heavy atom. The van der Waals surface area contributed by atoms with Crippen molar-refractivity contribution in [1.82, 2.24) is 0 Å². The van der Waals surface area contributed by atoms with Gasteiger partial charge in [-0.05, 0) is 49.2 Å². The SMILES string of the molecule is CC(=O)SCCC1OCCC2(CS(=O)(=O)c3ccc(Cl)cc3)c3c(F)ccc(F)c3OCC12. The Labute approximate surface area is 200 Å². The summed E-state index contributed by atoms with van der Waals surface area (Å²) in [6.07, 6.45) is 0.173. The van der Waals surface area contributed by atoms with Crippen LogP contribution in [-0.4, -0.2) is 44.4 Å². The number of rotatable bonds is 6. The molecule has 3 unspecified atom stereocenters.